The lowest BCUT2D eigenvalue weighted by Crippen LogP contribution is -2.02. The van der Waals surface area contributed by atoms with E-state index in [9.17, 15) is 8.78 Å². The van der Waals surface area contributed by atoms with Gasteiger partial charge in [0.15, 0.2) is 0 Å². The molecule has 3 rings (SSSR count). The Morgan fingerprint density at radius 3 is 2.39 bits per heavy atom. The Morgan fingerprint density at radius 2 is 1.78 bits per heavy atom. The highest BCUT2D eigenvalue weighted by atomic mass is 19.1. The highest BCUT2D eigenvalue weighted by molar-refractivity contribution is 5.63. The first-order valence-corrected chi connectivity index (χ1v) is 5.74. The van der Waals surface area contributed by atoms with E-state index < -0.39 is 11.6 Å². The monoisotopic (exact) mass is 247 g/mol. The fraction of sp³-hybridized carbons (Fsp3) is 0.231. The molecule has 0 saturated heterocycles. The predicted octanol–water partition coefficient (Wildman–Crippen LogP) is 2.88. The van der Waals surface area contributed by atoms with E-state index in [0.29, 0.717) is 5.82 Å². The van der Waals surface area contributed by atoms with Crippen LogP contribution in [0.25, 0.3) is 11.3 Å². The van der Waals surface area contributed by atoms with Crippen molar-refractivity contribution < 1.29 is 8.78 Å². The number of benzene rings is 1. The third-order valence-electron chi connectivity index (χ3n) is 2.92. The van der Waals surface area contributed by atoms with Crippen LogP contribution in [-0.4, -0.2) is 9.97 Å². The van der Waals surface area contributed by atoms with Crippen LogP contribution in [0.15, 0.2) is 24.3 Å². The molecule has 1 aliphatic rings. The Balaban J connectivity index is 2.16. The molecule has 2 N–H and O–H groups in total. The smallest absolute Gasteiger partial charge is 0.135 e. The molecule has 1 aliphatic carbocycles. The Hall–Kier alpha value is -2.04. The van der Waals surface area contributed by atoms with Gasteiger partial charge in [-0.25, -0.2) is 18.7 Å². The van der Waals surface area contributed by atoms with Gasteiger partial charge in [0, 0.05) is 12.0 Å². The van der Waals surface area contributed by atoms with Crippen molar-refractivity contribution in [2.45, 2.75) is 18.8 Å². The zero-order chi connectivity index (χ0) is 12.7. The number of hydrogen-bond donors (Lipinski definition) is 1. The highest BCUT2D eigenvalue weighted by Gasteiger charge is 2.27. The summed E-state index contributed by atoms with van der Waals surface area (Å²) in [6, 6.07) is 5.12. The van der Waals surface area contributed by atoms with E-state index in [1.165, 1.54) is 24.3 Å². The second-order valence-electron chi connectivity index (χ2n) is 4.41. The Labute approximate surface area is 103 Å². The average molecular weight is 247 g/mol. The second-order valence-corrected chi connectivity index (χ2v) is 4.41. The topological polar surface area (TPSA) is 51.8 Å². The fourth-order valence-corrected chi connectivity index (χ4v) is 1.88. The molecule has 1 aromatic heterocycles. The first-order valence-electron chi connectivity index (χ1n) is 5.74. The van der Waals surface area contributed by atoms with Crippen LogP contribution in [0.2, 0.25) is 0 Å². The quantitative estimate of drug-likeness (QED) is 0.887. The van der Waals surface area contributed by atoms with Crippen LogP contribution in [-0.2, 0) is 0 Å². The van der Waals surface area contributed by atoms with Crippen molar-refractivity contribution in [2.24, 2.45) is 0 Å². The summed E-state index contributed by atoms with van der Waals surface area (Å²) in [6.07, 6.45) is 2.01. The molecule has 0 unspecified atom stereocenters. The van der Waals surface area contributed by atoms with Gasteiger partial charge in [0.25, 0.3) is 0 Å². The molecule has 1 fully saturated rings. The summed E-state index contributed by atoms with van der Waals surface area (Å²) in [5.74, 6) is -0.191. The molecule has 0 atom stereocenters. The van der Waals surface area contributed by atoms with Gasteiger partial charge >= 0.3 is 0 Å². The number of hydrogen-bond acceptors (Lipinski definition) is 3. The van der Waals surface area contributed by atoms with E-state index >= 15 is 0 Å². The van der Waals surface area contributed by atoms with E-state index in [2.05, 4.69) is 9.97 Å². The predicted molar refractivity (Wildman–Crippen MR) is 63.8 cm³/mol. The molecule has 1 heterocycles. The molecule has 5 heteroatoms. The summed E-state index contributed by atoms with van der Waals surface area (Å²) in [4.78, 5) is 8.32. The van der Waals surface area contributed by atoms with Gasteiger partial charge in [0.2, 0.25) is 0 Å². The van der Waals surface area contributed by atoms with Crippen molar-refractivity contribution in [3.8, 4) is 11.3 Å². The number of nitrogens with two attached hydrogens (primary N) is 1. The Morgan fingerprint density at radius 1 is 1.11 bits per heavy atom. The molecule has 18 heavy (non-hydrogen) atoms. The summed E-state index contributed by atoms with van der Waals surface area (Å²) < 4.78 is 27.4. The average Bonchev–Trinajstić information content (AvgIpc) is 3.11. The van der Waals surface area contributed by atoms with Gasteiger partial charge in [0.05, 0.1) is 11.3 Å². The summed E-state index contributed by atoms with van der Waals surface area (Å²) in [5.41, 5.74) is 5.73. The van der Waals surface area contributed by atoms with Gasteiger partial charge in [-0.3, -0.25) is 0 Å². The van der Waals surface area contributed by atoms with Crippen molar-refractivity contribution in [3.63, 3.8) is 0 Å². The lowest BCUT2D eigenvalue weighted by Gasteiger charge is -2.07. The standard InChI is InChI=1S/C13H11F2N3/c14-8-2-1-3-9(15)12(8)10-6-11(16)18-13(17-10)7-4-5-7/h1-3,6-7H,4-5H2,(H2,16,17,18). The lowest BCUT2D eigenvalue weighted by molar-refractivity contribution is 0.588. The van der Waals surface area contributed by atoms with E-state index in [1.807, 2.05) is 0 Å². The summed E-state index contributed by atoms with van der Waals surface area (Å²) in [5, 5.41) is 0. The highest BCUT2D eigenvalue weighted by Crippen LogP contribution is 2.39. The zero-order valence-corrected chi connectivity index (χ0v) is 9.53. The van der Waals surface area contributed by atoms with E-state index in [4.69, 9.17) is 5.73 Å². The van der Waals surface area contributed by atoms with Crippen molar-refractivity contribution >= 4 is 5.82 Å². The van der Waals surface area contributed by atoms with Crippen LogP contribution in [0, 0.1) is 11.6 Å². The van der Waals surface area contributed by atoms with Gasteiger partial charge in [-0.2, -0.15) is 0 Å². The molecular formula is C13H11F2N3. The molecule has 1 aromatic carbocycles. The molecule has 1 saturated carbocycles. The number of anilines is 1. The zero-order valence-electron chi connectivity index (χ0n) is 9.53. The van der Waals surface area contributed by atoms with Crippen LogP contribution < -0.4 is 5.73 Å². The number of nitrogen functional groups attached to an aromatic ring is 1. The minimum absolute atomic E-state index is 0.145. The minimum atomic E-state index is -0.644. The van der Waals surface area contributed by atoms with Crippen LogP contribution >= 0.6 is 0 Å². The van der Waals surface area contributed by atoms with Gasteiger partial charge in [0.1, 0.15) is 23.3 Å². The van der Waals surface area contributed by atoms with Gasteiger partial charge in [-0.1, -0.05) is 6.07 Å². The molecule has 0 radical (unpaired) electrons. The molecule has 92 valence electrons. The van der Waals surface area contributed by atoms with Crippen LogP contribution in [0.1, 0.15) is 24.6 Å². The van der Waals surface area contributed by atoms with E-state index in [0.717, 1.165) is 12.8 Å². The molecule has 2 aromatic rings. The molecule has 0 aliphatic heterocycles. The van der Waals surface area contributed by atoms with Gasteiger partial charge < -0.3 is 5.73 Å². The SMILES string of the molecule is Nc1cc(-c2c(F)cccc2F)nc(C2CC2)n1. The first kappa shape index (κ1) is 11.1. The van der Waals surface area contributed by atoms with Crippen LogP contribution in [0.5, 0.6) is 0 Å². The molecular weight excluding hydrogens is 236 g/mol. The van der Waals surface area contributed by atoms with E-state index in [1.54, 1.807) is 0 Å². The largest absolute Gasteiger partial charge is 0.384 e. The number of nitrogens with zero attached hydrogens (tertiary/aromatic N) is 2. The van der Waals surface area contributed by atoms with Crippen LogP contribution in [0.4, 0.5) is 14.6 Å². The normalized spacial score (nSPS) is 14.8. The Kier molecular flexibility index (Phi) is 2.47. The van der Waals surface area contributed by atoms with Gasteiger partial charge in [-0.15, -0.1) is 0 Å². The summed E-state index contributed by atoms with van der Waals surface area (Å²) in [7, 11) is 0. The lowest BCUT2D eigenvalue weighted by atomic mass is 10.1. The maximum absolute atomic E-state index is 13.7. The summed E-state index contributed by atoms with van der Waals surface area (Å²) in [6.45, 7) is 0. The third-order valence-corrected chi connectivity index (χ3v) is 2.92. The minimum Gasteiger partial charge on any atom is -0.384 e. The number of aromatic nitrogens is 2. The first-order chi connectivity index (χ1) is 8.65. The van der Waals surface area contributed by atoms with E-state index in [-0.39, 0.29) is 23.0 Å². The molecule has 3 nitrogen and oxygen atoms in total. The molecule has 0 bridgehead atoms. The fourth-order valence-electron chi connectivity index (χ4n) is 1.88. The van der Waals surface area contributed by atoms with Crippen LogP contribution in [0.3, 0.4) is 0 Å². The van der Waals surface area contributed by atoms with Crippen molar-refractivity contribution in [2.75, 3.05) is 5.73 Å². The maximum atomic E-state index is 13.7. The Bertz CT molecular complexity index is 589. The second kappa shape index (κ2) is 4.01. The molecule has 0 spiro atoms. The van der Waals surface area contributed by atoms with Crippen molar-refractivity contribution in [3.05, 3.63) is 41.7 Å². The number of halogens is 2. The maximum Gasteiger partial charge on any atom is 0.135 e. The molecule has 0 amide bonds. The van der Waals surface area contributed by atoms with Crippen molar-refractivity contribution in [1.82, 2.24) is 9.97 Å². The van der Waals surface area contributed by atoms with Gasteiger partial charge in [-0.05, 0) is 25.0 Å². The van der Waals surface area contributed by atoms with Crippen molar-refractivity contribution in [1.29, 1.82) is 0 Å². The number of rotatable bonds is 2. The summed E-state index contributed by atoms with van der Waals surface area (Å²) >= 11 is 0. The third kappa shape index (κ3) is 1.92.